The van der Waals surface area contributed by atoms with Crippen molar-refractivity contribution in [2.75, 3.05) is 0 Å². The van der Waals surface area contributed by atoms with E-state index in [1.807, 2.05) is 0 Å². The summed E-state index contributed by atoms with van der Waals surface area (Å²) < 4.78 is 12.5. The van der Waals surface area contributed by atoms with Crippen LogP contribution in [-0.2, 0) is 9.31 Å². The average Bonchev–Trinajstić information content (AvgIpc) is 3.00. The summed E-state index contributed by atoms with van der Waals surface area (Å²) >= 11 is 0. The summed E-state index contributed by atoms with van der Waals surface area (Å²) in [4.78, 5) is 0. The van der Waals surface area contributed by atoms with Crippen molar-refractivity contribution in [1.82, 2.24) is 0 Å². The zero-order valence-electron chi connectivity index (χ0n) is 18.6. The molecule has 0 unspecified atom stereocenters. The van der Waals surface area contributed by atoms with Crippen LogP contribution in [0.25, 0.3) is 33.0 Å². The molecule has 0 bridgehead atoms. The van der Waals surface area contributed by atoms with Crippen LogP contribution in [0.15, 0.2) is 91.0 Å². The first-order valence-electron chi connectivity index (χ1n) is 10.9. The molecular weight excluding hydrogens is 379 g/mol. The van der Waals surface area contributed by atoms with Crippen LogP contribution >= 0.6 is 0 Å². The molecule has 0 radical (unpaired) electrons. The first-order valence-corrected chi connectivity index (χ1v) is 10.9. The van der Waals surface area contributed by atoms with Crippen molar-refractivity contribution < 1.29 is 9.31 Å². The molecule has 154 valence electrons. The van der Waals surface area contributed by atoms with Crippen LogP contribution in [-0.4, -0.2) is 18.3 Å². The van der Waals surface area contributed by atoms with Crippen molar-refractivity contribution in [3.8, 4) is 22.3 Å². The Hall–Kier alpha value is -2.88. The second kappa shape index (κ2) is 7.37. The molecule has 4 aromatic carbocycles. The molecule has 31 heavy (non-hydrogen) atoms. The number of hydrogen-bond donors (Lipinski definition) is 0. The van der Waals surface area contributed by atoms with Crippen molar-refractivity contribution in [2.24, 2.45) is 0 Å². The lowest BCUT2D eigenvalue weighted by Crippen LogP contribution is -2.41. The summed E-state index contributed by atoms with van der Waals surface area (Å²) in [6.45, 7) is 8.34. The lowest BCUT2D eigenvalue weighted by atomic mass is 9.78. The molecule has 4 aromatic rings. The molecule has 0 amide bonds. The Kier molecular flexibility index (Phi) is 4.77. The van der Waals surface area contributed by atoms with E-state index in [1.165, 1.54) is 27.5 Å². The van der Waals surface area contributed by atoms with E-state index in [-0.39, 0.29) is 18.3 Å². The molecule has 3 heteroatoms. The maximum absolute atomic E-state index is 6.23. The molecular formula is C28H27BO2. The van der Waals surface area contributed by atoms with Gasteiger partial charge in [0.15, 0.2) is 0 Å². The second-order valence-electron chi connectivity index (χ2n) is 9.35. The Balaban J connectivity index is 1.42. The molecule has 5 rings (SSSR count). The quantitative estimate of drug-likeness (QED) is 0.363. The maximum atomic E-state index is 6.23. The number of benzene rings is 4. The van der Waals surface area contributed by atoms with Gasteiger partial charge in [-0.1, -0.05) is 84.9 Å². The van der Waals surface area contributed by atoms with Gasteiger partial charge in [0, 0.05) is 0 Å². The van der Waals surface area contributed by atoms with Crippen LogP contribution in [0.3, 0.4) is 0 Å². The van der Waals surface area contributed by atoms with Crippen LogP contribution < -0.4 is 5.46 Å². The summed E-state index contributed by atoms with van der Waals surface area (Å²) in [5.41, 5.74) is 5.17. The molecule has 0 spiro atoms. The first-order chi connectivity index (χ1) is 14.8. The third-order valence-corrected chi connectivity index (χ3v) is 6.71. The minimum atomic E-state index is -0.346. The van der Waals surface area contributed by atoms with Gasteiger partial charge in [-0.05, 0) is 72.3 Å². The van der Waals surface area contributed by atoms with Crippen molar-refractivity contribution in [3.05, 3.63) is 91.0 Å². The Morgan fingerprint density at radius 2 is 1.06 bits per heavy atom. The molecule has 1 heterocycles. The molecule has 0 saturated carbocycles. The van der Waals surface area contributed by atoms with Crippen LogP contribution in [0.4, 0.5) is 0 Å². The smallest absolute Gasteiger partial charge is 0.399 e. The Morgan fingerprint density at radius 3 is 1.71 bits per heavy atom. The molecule has 1 aliphatic rings. The fraction of sp³-hybridized carbons (Fsp3) is 0.214. The highest BCUT2D eigenvalue weighted by Crippen LogP contribution is 2.36. The molecule has 0 atom stereocenters. The highest BCUT2D eigenvalue weighted by Gasteiger charge is 2.51. The molecule has 0 aliphatic carbocycles. The van der Waals surface area contributed by atoms with Crippen molar-refractivity contribution >= 4 is 23.4 Å². The van der Waals surface area contributed by atoms with Crippen LogP contribution in [0.1, 0.15) is 27.7 Å². The Morgan fingerprint density at radius 1 is 0.516 bits per heavy atom. The Labute approximate surface area is 185 Å². The third-order valence-electron chi connectivity index (χ3n) is 6.71. The van der Waals surface area contributed by atoms with Gasteiger partial charge in [-0.25, -0.2) is 0 Å². The SMILES string of the molecule is CC1(C)OB(c2cccc(-c3ccc(-c4ccc5ccccc5c4)cc3)c2)OC1(C)C. The summed E-state index contributed by atoms with van der Waals surface area (Å²) in [6, 6.07) is 32.3. The molecule has 1 saturated heterocycles. The number of fused-ring (bicyclic) bond motifs is 1. The van der Waals surface area contributed by atoms with Gasteiger partial charge in [-0.3, -0.25) is 0 Å². The maximum Gasteiger partial charge on any atom is 0.494 e. The summed E-state index contributed by atoms with van der Waals surface area (Å²) in [5.74, 6) is 0. The van der Waals surface area contributed by atoms with Gasteiger partial charge in [0.05, 0.1) is 11.2 Å². The topological polar surface area (TPSA) is 18.5 Å². The van der Waals surface area contributed by atoms with E-state index in [2.05, 4.69) is 119 Å². The standard InChI is InChI=1S/C28H27BO2/c1-27(2)28(3,4)31-29(30-27)26-11-7-10-24(19-26)21-12-14-22(15-13-21)25-17-16-20-8-5-6-9-23(20)18-25/h5-19H,1-4H3. The zero-order chi connectivity index (χ0) is 21.6. The van der Waals surface area contributed by atoms with Crippen LogP contribution in [0.2, 0.25) is 0 Å². The number of rotatable bonds is 3. The van der Waals surface area contributed by atoms with Crippen LogP contribution in [0, 0.1) is 0 Å². The fourth-order valence-corrected chi connectivity index (χ4v) is 4.07. The van der Waals surface area contributed by atoms with E-state index in [0.29, 0.717) is 0 Å². The fourth-order valence-electron chi connectivity index (χ4n) is 4.07. The highest BCUT2D eigenvalue weighted by atomic mass is 16.7. The van der Waals surface area contributed by atoms with Gasteiger partial charge in [-0.2, -0.15) is 0 Å². The van der Waals surface area contributed by atoms with Crippen molar-refractivity contribution in [1.29, 1.82) is 0 Å². The summed E-state index contributed by atoms with van der Waals surface area (Å²) in [7, 11) is -0.346. The van der Waals surface area contributed by atoms with E-state index in [4.69, 9.17) is 9.31 Å². The number of hydrogen-bond acceptors (Lipinski definition) is 2. The monoisotopic (exact) mass is 406 g/mol. The predicted molar refractivity (Wildman–Crippen MR) is 131 cm³/mol. The molecule has 1 fully saturated rings. The van der Waals surface area contributed by atoms with Gasteiger partial charge in [0.1, 0.15) is 0 Å². The lowest BCUT2D eigenvalue weighted by Gasteiger charge is -2.32. The van der Waals surface area contributed by atoms with E-state index in [0.717, 1.165) is 11.0 Å². The minimum Gasteiger partial charge on any atom is -0.399 e. The third kappa shape index (κ3) is 3.69. The molecule has 2 nitrogen and oxygen atoms in total. The summed E-state index contributed by atoms with van der Waals surface area (Å²) in [5, 5.41) is 2.53. The lowest BCUT2D eigenvalue weighted by molar-refractivity contribution is 0.00578. The van der Waals surface area contributed by atoms with Crippen molar-refractivity contribution in [3.63, 3.8) is 0 Å². The summed E-state index contributed by atoms with van der Waals surface area (Å²) in [6.07, 6.45) is 0. The van der Waals surface area contributed by atoms with Gasteiger partial charge in [-0.15, -0.1) is 0 Å². The highest BCUT2D eigenvalue weighted by molar-refractivity contribution is 6.62. The predicted octanol–water partition coefficient (Wildman–Crippen LogP) is 6.47. The van der Waals surface area contributed by atoms with Crippen molar-refractivity contribution in [2.45, 2.75) is 38.9 Å². The van der Waals surface area contributed by atoms with E-state index in [1.54, 1.807) is 0 Å². The molecule has 0 N–H and O–H groups in total. The average molecular weight is 406 g/mol. The zero-order valence-corrected chi connectivity index (χ0v) is 18.6. The van der Waals surface area contributed by atoms with E-state index < -0.39 is 0 Å². The normalized spacial score (nSPS) is 17.2. The second-order valence-corrected chi connectivity index (χ2v) is 9.35. The minimum absolute atomic E-state index is 0.338. The molecule has 1 aliphatic heterocycles. The van der Waals surface area contributed by atoms with Gasteiger partial charge >= 0.3 is 7.12 Å². The Bertz CT molecular complexity index is 1230. The van der Waals surface area contributed by atoms with E-state index >= 15 is 0 Å². The van der Waals surface area contributed by atoms with Gasteiger partial charge in [0.25, 0.3) is 0 Å². The van der Waals surface area contributed by atoms with Gasteiger partial charge < -0.3 is 9.31 Å². The first kappa shape index (κ1) is 20.1. The molecule has 0 aromatic heterocycles. The van der Waals surface area contributed by atoms with Gasteiger partial charge in [0.2, 0.25) is 0 Å². The van der Waals surface area contributed by atoms with Crippen LogP contribution in [0.5, 0.6) is 0 Å². The van der Waals surface area contributed by atoms with E-state index in [9.17, 15) is 0 Å². The largest absolute Gasteiger partial charge is 0.494 e.